The zero-order valence-corrected chi connectivity index (χ0v) is 11.1. The molecule has 0 aliphatic carbocycles. The molecular weight excluding hydrogens is 257 g/mol. The molecule has 0 saturated carbocycles. The van der Waals surface area contributed by atoms with Crippen molar-refractivity contribution in [3.05, 3.63) is 65.5 Å². The van der Waals surface area contributed by atoms with E-state index in [1.54, 1.807) is 43.3 Å². The fourth-order valence-electron chi connectivity index (χ4n) is 2.00. The van der Waals surface area contributed by atoms with Crippen LogP contribution in [0.5, 0.6) is 0 Å². The van der Waals surface area contributed by atoms with E-state index in [0.29, 0.717) is 16.8 Å². The molecule has 3 nitrogen and oxygen atoms in total. The van der Waals surface area contributed by atoms with E-state index in [9.17, 15) is 14.3 Å². The van der Waals surface area contributed by atoms with Gasteiger partial charge < -0.3 is 10.4 Å². The minimum Gasteiger partial charge on any atom is -0.389 e. The van der Waals surface area contributed by atoms with Gasteiger partial charge in [-0.1, -0.05) is 30.3 Å². The third kappa shape index (κ3) is 3.65. The van der Waals surface area contributed by atoms with Crippen LogP contribution in [0.15, 0.2) is 48.5 Å². The molecule has 4 heteroatoms. The molecule has 2 N–H and O–H groups in total. The van der Waals surface area contributed by atoms with Crippen LogP contribution in [0.2, 0.25) is 0 Å². The van der Waals surface area contributed by atoms with Crippen molar-refractivity contribution in [1.82, 2.24) is 0 Å². The van der Waals surface area contributed by atoms with E-state index < -0.39 is 6.10 Å². The third-order valence-corrected chi connectivity index (χ3v) is 2.94. The minimum absolute atomic E-state index is 0.0892. The molecule has 0 bridgehead atoms. The predicted octanol–water partition coefficient (Wildman–Crippen LogP) is 3.06. The molecule has 1 unspecified atom stereocenters. The van der Waals surface area contributed by atoms with E-state index in [1.807, 2.05) is 0 Å². The first kappa shape index (κ1) is 14.2. The van der Waals surface area contributed by atoms with Gasteiger partial charge in [-0.3, -0.25) is 4.79 Å². The number of rotatable bonds is 4. The summed E-state index contributed by atoms with van der Waals surface area (Å²) < 4.78 is 13.0. The summed E-state index contributed by atoms with van der Waals surface area (Å²) in [6.07, 6.45) is -0.577. The van der Waals surface area contributed by atoms with Gasteiger partial charge in [-0.25, -0.2) is 4.39 Å². The number of halogens is 1. The average Bonchev–Trinajstić information content (AvgIpc) is 2.38. The van der Waals surface area contributed by atoms with Crippen molar-refractivity contribution in [2.24, 2.45) is 0 Å². The summed E-state index contributed by atoms with van der Waals surface area (Å²) >= 11 is 0. The van der Waals surface area contributed by atoms with Gasteiger partial charge in [0.1, 0.15) is 5.82 Å². The summed E-state index contributed by atoms with van der Waals surface area (Å²) in [5.41, 5.74) is 1.83. The van der Waals surface area contributed by atoms with E-state index >= 15 is 0 Å². The van der Waals surface area contributed by atoms with Crippen molar-refractivity contribution < 1.29 is 14.3 Å². The standard InChI is InChI=1S/C16H16FNO2/c1-11(19)14-7-2-3-8-15(14)18-16(20)10-12-5-4-6-13(17)9-12/h2-9,11,19H,10H2,1H3,(H,18,20). The summed E-state index contributed by atoms with van der Waals surface area (Å²) in [6.45, 7) is 1.64. The van der Waals surface area contributed by atoms with Gasteiger partial charge in [0.15, 0.2) is 0 Å². The molecule has 0 fully saturated rings. The minimum atomic E-state index is -0.666. The van der Waals surface area contributed by atoms with Crippen LogP contribution in [0.25, 0.3) is 0 Å². The van der Waals surface area contributed by atoms with Crippen molar-refractivity contribution in [3.63, 3.8) is 0 Å². The van der Waals surface area contributed by atoms with Crippen molar-refractivity contribution in [1.29, 1.82) is 0 Å². The van der Waals surface area contributed by atoms with Crippen LogP contribution >= 0.6 is 0 Å². The molecule has 2 aromatic carbocycles. The van der Waals surface area contributed by atoms with Gasteiger partial charge in [-0.15, -0.1) is 0 Å². The van der Waals surface area contributed by atoms with Crippen LogP contribution < -0.4 is 5.32 Å². The molecule has 2 rings (SSSR count). The summed E-state index contributed by atoms with van der Waals surface area (Å²) in [4.78, 5) is 12.0. The van der Waals surface area contributed by atoms with Gasteiger partial charge >= 0.3 is 0 Å². The van der Waals surface area contributed by atoms with Gasteiger partial charge in [-0.05, 0) is 30.7 Å². The molecular formula is C16H16FNO2. The SMILES string of the molecule is CC(O)c1ccccc1NC(=O)Cc1cccc(F)c1. The Kier molecular flexibility index (Phi) is 4.48. The molecule has 0 aromatic heterocycles. The fraction of sp³-hybridized carbons (Fsp3) is 0.188. The molecule has 0 radical (unpaired) electrons. The third-order valence-electron chi connectivity index (χ3n) is 2.94. The number of para-hydroxylation sites is 1. The number of aliphatic hydroxyl groups is 1. The van der Waals surface area contributed by atoms with Crippen molar-refractivity contribution in [2.75, 3.05) is 5.32 Å². The number of nitrogens with one attached hydrogen (secondary N) is 1. The molecule has 104 valence electrons. The Morgan fingerprint density at radius 2 is 2.00 bits per heavy atom. The molecule has 0 spiro atoms. The molecule has 0 aliphatic heterocycles. The maximum atomic E-state index is 13.0. The highest BCUT2D eigenvalue weighted by atomic mass is 19.1. The largest absolute Gasteiger partial charge is 0.389 e. The highest BCUT2D eigenvalue weighted by Gasteiger charge is 2.10. The quantitative estimate of drug-likeness (QED) is 0.899. The predicted molar refractivity (Wildman–Crippen MR) is 75.8 cm³/mol. The zero-order valence-electron chi connectivity index (χ0n) is 11.1. The molecule has 1 atom stereocenters. The first-order valence-corrected chi connectivity index (χ1v) is 6.37. The molecule has 20 heavy (non-hydrogen) atoms. The Balaban J connectivity index is 2.09. The van der Waals surface area contributed by atoms with Gasteiger partial charge in [-0.2, -0.15) is 0 Å². The van der Waals surface area contributed by atoms with Gasteiger partial charge in [0.25, 0.3) is 0 Å². The van der Waals surface area contributed by atoms with Crippen LogP contribution in [-0.4, -0.2) is 11.0 Å². The van der Waals surface area contributed by atoms with Crippen LogP contribution in [0, 0.1) is 5.82 Å². The zero-order chi connectivity index (χ0) is 14.5. The highest BCUT2D eigenvalue weighted by Crippen LogP contribution is 2.22. The summed E-state index contributed by atoms with van der Waals surface area (Å²) in [6, 6.07) is 13.0. The van der Waals surface area contributed by atoms with Gasteiger partial charge in [0, 0.05) is 11.3 Å². The number of benzene rings is 2. The maximum absolute atomic E-state index is 13.0. The first-order chi connectivity index (χ1) is 9.56. The number of hydrogen-bond donors (Lipinski definition) is 2. The van der Waals surface area contributed by atoms with Gasteiger partial charge in [0.05, 0.1) is 12.5 Å². The Morgan fingerprint density at radius 3 is 2.70 bits per heavy atom. The monoisotopic (exact) mass is 273 g/mol. The van der Waals surface area contributed by atoms with Crippen molar-refractivity contribution >= 4 is 11.6 Å². The molecule has 0 aliphatic rings. The van der Waals surface area contributed by atoms with Crippen molar-refractivity contribution in [3.8, 4) is 0 Å². The lowest BCUT2D eigenvalue weighted by Gasteiger charge is -2.13. The number of aliphatic hydroxyl groups excluding tert-OH is 1. The Hall–Kier alpha value is -2.20. The molecule has 0 saturated heterocycles. The Morgan fingerprint density at radius 1 is 1.25 bits per heavy atom. The second kappa shape index (κ2) is 6.30. The molecule has 1 amide bonds. The Labute approximate surface area is 117 Å². The normalized spacial score (nSPS) is 11.9. The van der Waals surface area contributed by atoms with E-state index in [4.69, 9.17) is 0 Å². The number of hydrogen-bond acceptors (Lipinski definition) is 2. The number of carbonyl (C=O) groups is 1. The van der Waals surface area contributed by atoms with E-state index in [-0.39, 0.29) is 18.1 Å². The number of anilines is 1. The summed E-state index contributed by atoms with van der Waals surface area (Å²) in [5.74, 6) is -0.608. The lowest BCUT2D eigenvalue weighted by Crippen LogP contribution is -2.16. The second-order valence-corrected chi connectivity index (χ2v) is 4.62. The topological polar surface area (TPSA) is 49.3 Å². The highest BCUT2D eigenvalue weighted by molar-refractivity contribution is 5.93. The van der Waals surface area contributed by atoms with Crippen LogP contribution in [0.1, 0.15) is 24.2 Å². The van der Waals surface area contributed by atoms with E-state index in [2.05, 4.69) is 5.32 Å². The maximum Gasteiger partial charge on any atom is 0.228 e. The number of carbonyl (C=O) groups excluding carboxylic acids is 1. The summed E-state index contributed by atoms with van der Waals surface area (Å²) in [5, 5.41) is 12.4. The lowest BCUT2D eigenvalue weighted by atomic mass is 10.1. The number of amides is 1. The van der Waals surface area contributed by atoms with Crippen LogP contribution in [-0.2, 0) is 11.2 Å². The smallest absolute Gasteiger partial charge is 0.228 e. The first-order valence-electron chi connectivity index (χ1n) is 6.37. The Bertz CT molecular complexity index is 611. The van der Waals surface area contributed by atoms with E-state index in [1.165, 1.54) is 12.1 Å². The van der Waals surface area contributed by atoms with E-state index in [0.717, 1.165) is 0 Å². The fourth-order valence-corrected chi connectivity index (χ4v) is 2.00. The molecule has 0 heterocycles. The second-order valence-electron chi connectivity index (χ2n) is 4.62. The lowest BCUT2D eigenvalue weighted by molar-refractivity contribution is -0.115. The van der Waals surface area contributed by atoms with Crippen molar-refractivity contribution in [2.45, 2.75) is 19.4 Å². The van der Waals surface area contributed by atoms with Crippen LogP contribution in [0.4, 0.5) is 10.1 Å². The van der Waals surface area contributed by atoms with Crippen LogP contribution in [0.3, 0.4) is 0 Å². The average molecular weight is 273 g/mol. The van der Waals surface area contributed by atoms with Gasteiger partial charge in [0.2, 0.25) is 5.91 Å². The molecule has 2 aromatic rings. The summed E-state index contributed by atoms with van der Waals surface area (Å²) in [7, 11) is 0.